The Kier molecular flexibility index (Phi) is 4.14. The Morgan fingerprint density at radius 2 is 1.85 bits per heavy atom. The summed E-state index contributed by atoms with van der Waals surface area (Å²) in [5, 5.41) is 8.83. The smallest absolute Gasteiger partial charge is 0.345 e. The number of carbonyl (C=O) groups is 2. The molecule has 1 aromatic carbocycles. The first-order valence-electron chi connectivity index (χ1n) is 5.81. The van der Waals surface area contributed by atoms with Crippen molar-refractivity contribution in [3.05, 3.63) is 57.5 Å². The highest BCUT2D eigenvalue weighted by atomic mass is 32.1. The third-order valence-corrected chi connectivity index (χ3v) is 3.80. The largest absolute Gasteiger partial charge is 0.477 e. The van der Waals surface area contributed by atoms with Crippen LogP contribution in [0, 0.1) is 5.82 Å². The number of aromatic carboxylic acids is 1. The predicted octanol–water partition coefficient (Wildman–Crippen LogP) is 2.86. The van der Waals surface area contributed by atoms with Crippen molar-refractivity contribution in [2.45, 2.75) is 6.54 Å². The van der Waals surface area contributed by atoms with E-state index in [4.69, 9.17) is 5.11 Å². The fraction of sp³-hybridized carbons (Fsp3) is 0.143. The van der Waals surface area contributed by atoms with Crippen LogP contribution in [0.4, 0.5) is 4.39 Å². The number of carboxylic acids is 1. The first-order valence-corrected chi connectivity index (χ1v) is 6.62. The van der Waals surface area contributed by atoms with Crippen LogP contribution in [0.5, 0.6) is 0 Å². The van der Waals surface area contributed by atoms with Gasteiger partial charge in [-0.05, 0) is 18.2 Å². The number of hydrogen-bond donors (Lipinski definition) is 1. The summed E-state index contributed by atoms with van der Waals surface area (Å²) in [6.45, 7) is 0.131. The molecule has 4 nitrogen and oxygen atoms in total. The number of benzene rings is 1. The highest BCUT2D eigenvalue weighted by Crippen LogP contribution is 2.19. The second-order valence-electron chi connectivity index (χ2n) is 4.22. The van der Waals surface area contributed by atoms with E-state index in [1.807, 2.05) is 0 Å². The van der Waals surface area contributed by atoms with Crippen LogP contribution in [0.3, 0.4) is 0 Å². The molecule has 0 atom stereocenters. The maximum absolute atomic E-state index is 13.5. The Morgan fingerprint density at radius 3 is 2.45 bits per heavy atom. The van der Waals surface area contributed by atoms with Gasteiger partial charge in [-0.15, -0.1) is 11.3 Å². The lowest BCUT2D eigenvalue weighted by atomic mass is 10.2. The third-order valence-electron chi connectivity index (χ3n) is 2.74. The number of amides is 1. The molecule has 6 heteroatoms. The van der Waals surface area contributed by atoms with E-state index < -0.39 is 5.97 Å². The monoisotopic (exact) mass is 293 g/mol. The van der Waals surface area contributed by atoms with Gasteiger partial charge in [0.15, 0.2) is 0 Å². The number of rotatable bonds is 4. The first-order chi connectivity index (χ1) is 9.49. The summed E-state index contributed by atoms with van der Waals surface area (Å²) < 4.78 is 13.5. The molecule has 0 spiro atoms. The molecule has 104 valence electrons. The number of nitrogens with zero attached hydrogens (tertiary/aromatic N) is 1. The Bertz CT molecular complexity index is 653. The van der Waals surface area contributed by atoms with E-state index >= 15 is 0 Å². The Labute approximate surface area is 119 Å². The average molecular weight is 293 g/mol. The van der Waals surface area contributed by atoms with Crippen LogP contribution in [-0.4, -0.2) is 28.9 Å². The molecule has 2 rings (SSSR count). The second kappa shape index (κ2) is 5.83. The Hall–Kier alpha value is -2.21. The molecule has 0 bridgehead atoms. The van der Waals surface area contributed by atoms with E-state index in [0.717, 1.165) is 11.3 Å². The zero-order valence-corrected chi connectivity index (χ0v) is 11.5. The molecule has 0 fully saturated rings. The van der Waals surface area contributed by atoms with Gasteiger partial charge in [0.2, 0.25) is 0 Å². The molecule has 2 aromatic rings. The minimum atomic E-state index is -1.06. The maximum atomic E-state index is 13.5. The van der Waals surface area contributed by atoms with Crippen molar-refractivity contribution in [2.75, 3.05) is 7.05 Å². The van der Waals surface area contributed by atoms with Gasteiger partial charge in [-0.2, -0.15) is 0 Å². The number of hydrogen-bond acceptors (Lipinski definition) is 3. The first kappa shape index (κ1) is 14.2. The predicted molar refractivity (Wildman–Crippen MR) is 73.5 cm³/mol. The van der Waals surface area contributed by atoms with Gasteiger partial charge < -0.3 is 10.0 Å². The summed E-state index contributed by atoms with van der Waals surface area (Å²) in [5.74, 6) is -1.76. The molecule has 0 saturated heterocycles. The van der Waals surface area contributed by atoms with Gasteiger partial charge in [0.25, 0.3) is 5.91 Å². The fourth-order valence-corrected chi connectivity index (χ4v) is 2.55. The van der Waals surface area contributed by atoms with E-state index in [2.05, 4.69) is 0 Å². The van der Waals surface area contributed by atoms with E-state index in [1.165, 1.54) is 23.1 Å². The van der Waals surface area contributed by atoms with E-state index in [0.29, 0.717) is 10.4 Å². The lowest BCUT2D eigenvalue weighted by molar-refractivity contribution is 0.0701. The van der Waals surface area contributed by atoms with Crippen LogP contribution < -0.4 is 0 Å². The Balaban J connectivity index is 2.12. The van der Waals surface area contributed by atoms with Crippen molar-refractivity contribution in [3.8, 4) is 0 Å². The summed E-state index contributed by atoms with van der Waals surface area (Å²) in [6.07, 6.45) is 0. The van der Waals surface area contributed by atoms with Gasteiger partial charge >= 0.3 is 5.97 Å². The van der Waals surface area contributed by atoms with Crippen LogP contribution in [-0.2, 0) is 6.54 Å². The number of halogens is 1. The Morgan fingerprint density at radius 1 is 1.20 bits per heavy atom. The molecular weight excluding hydrogens is 281 g/mol. The molecule has 1 amide bonds. The van der Waals surface area contributed by atoms with E-state index in [1.54, 1.807) is 25.2 Å². The normalized spacial score (nSPS) is 10.3. The average Bonchev–Trinajstić information content (AvgIpc) is 2.90. The highest BCUT2D eigenvalue weighted by Gasteiger charge is 2.17. The quantitative estimate of drug-likeness (QED) is 0.943. The van der Waals surface area contributed by atoms with Crippen LogP contribution in [0.2, 0.25) is 0 Å². The van der Waals surface area contributed by atoms with Gasteiger partial charge in [-0.3, -0.25) is 4.79 Å². The summed E-state index contributed by atoms with van der Waals surface area (Å²) in [4.78, 5) is 24.7. The molecule has 1 aromatic heterocycles. The number of carboxylic acid groups (broad SMARTS) is 1. The minimum Gasteiger partial charge on any atom is -0.477 e. The zero-order valence-electron chi connectivity index (χ0n) is 10.7. The van der Waals surface area contributed by atoms with E-state index in [-0.39, 0.29) is 23.1 Å². The maximum Gasteiger partial charge on any atom is 0.345 e. The molecule has 0 saturated carbocycles. The minimum absolute atomic E-state index is 0.104. The molecule has 1 heterocycles. The van der Waals surface area contributed by atoms with Crippen LogP contribution in [0.15, 0.2) is 36.4 Å². The topological polar surface area (TPSA) is 57.6 Å². The summed E-state index contributed by atoms with van der Waals surface area (Å²) in [6, 6.07) is 9.08. The molecule has 0 aliphatic rings. The fourth-order valence-electron chi connectivity index (χ4n) is 1.71. The SMILES string of the molecule is CN(Cc1ccccc1F)C(=O)c1ccc(C(=O)O)s1. The van der Waals surface area contributed by atoms with Crippen molar-refractivity contribution in [3.63, 3.8) is 0 Å². The molecule has 0 aliphatic heterocycles. The molecule has 0 radical (unpaired) electrons. The van der Waals surface area contributed by atoms with Crippen LogP contribution >= 0.6 is 11.3 Å². The van der Waals surface area contributed by atoms with Crippen molar-refractivity contribution >= 4 is 23.2 Å². The second-order valence-corrected chi connectivity index (χ2v) is 5.31. The van der Waals surface area contributed by atoms with Crippen molar-refractivity contribution < 1.29 is 19.1 Å². The number of thiophene rings is 1. The standard InChI is InChI=1S/C14H12FNO3S/c1-16(8-9-4-2-3-5-10(9)15)13(17)11-6-7-12(20-11)14(18)19/h2-7H,8H2,1H3,(H,18,19). The van der Waals surface area contributed by atoms with Gasteiger partial charge in [-0.25, -0.2) is 9.18 Å². The molecule has 20 heavy (non-hydrogen) atoms. The summed E-state index contributed by atoms with van der Waals surface area (Å²) in [7, 11) is 1.55. The lowest BCUT2D eigenvalue weighted by Gasteiger charge is -2.16. The highest BCUT2D eigenvalue weighted by molar-refractivity contribution is 7.15. The van der Waals surface area contributed by atoms with Crippen molar-refractivity contribution in [1.29, 1.82) is 0 Å². The zero-order chi connectivity index (χ0) is 14.7. The molecule has 1 N–H and O–H groups in total. The van der Waals surface area contributed by atoms with Gasteiger partial charge in [-0.1, -0.05) is 18.2 Å². The molecule has 0 unspecified atom stereocenters. The number of carbonyl (C=O) groups excluding carboxylic acids is 1. The van der Waals surface area contributed by atoms with Crippen LogP contribution in [0.1, 0.15) is 24.9 Å². The van der Waals surface area contributed by atoms with Gasteiger partial charge in [0.05, 0.1) is 4.88 Å². The molecular formula is C14H12FNO3S. The van der Waals surface area contributed by atoms with Gasteiger partial charge in [0, 0.05) is 19.2 Å². The van der Waals surface area contributed by atoms with Crippen LogP contribution in [0.25, 0.3) is 0 Å². The van der Waals surface area contributed by atoms with Crippen molar-refractivity contribution in [1.82, 2.24) is 4.90 Å². The summed E-state index contributed by atoms with van der Waals surface area (Å²) >= 11 is 0.908. The van der Waals surface area contributed by atoms with Crippen molar-refractivity contribution in [2.24, 2.45) is 0 Å². The third kappa shape index (κ3) is 3.03. The van der Waals surface area contributed by atoms with E-state index in [9.17, 15) is 14.0 Å². The summed E-state index contributed by atoms with van der Waals surface area (Å²) in [5.41, 5.74) is 0.415. The lowest BCUT2D eigenvalue weighted by Crippen LogP contribution is -2.25. The molecule has 0 aliphatic carbocycles. The van der Waals surface area contributed by atoms with Gasteiger partial charge in [0.1, 0.15) is 10.7 Å².